The van der Waals surface area contributed by atoms with Crippen molar-refractivity contribution in [1.29, 1.82) is 0 Å². The van der Waals surface area contributed by atoms with E-state index in [0.717, 1.165) is 16.7 Å². The summed E-state index contributed by atoms with van der Waals surface area (Å²) >= 11 is 0. The molecule has 0 saturated carbocycles. The number of aromatic amines is 1. The molecule has 3 rings (SSSR count). The Bertz CT molecular complexity index is 878. The number of nitrogens with one attached hydrogen (secondary N) is 1. The van der Waals surface area contributed by atoms with E-state index in [4.69, 9.17) is 0 Å². The van der Waals surface area contributed by atoms with E-state index in [9.17, 15) is 23.1 Å². The quantitative estimate of drug-likeness (QED) is 0.724. The van der Waals surface area contributed by atoms with Crippen LogP contribution >= 0.6 is 0 Å². The van der Waals surface area contributed by atoms with Crippen LogP contribution in [0.3, 0.4) is 0 Å². The standard InChI is InChI=1S/C14H9F3N2O2/c15-14(16,17)8-3-1-4-9(7-8)19-10-5-2-6-11(20)12(10)18-13(19)21/h1-7,20H,(H,18,21). The molecule has 0 saturated heterocycles. The van der Waals surface area contributed by atoms with Gasteiger partial charge in [-0.3, -0.25) is 4.57 Å². The smallest absolute Gasteiger partial charge is 0.416 e. The molecule has 0 unspecified atom stereocenters. The molecule has 3 aromatic rings. The zero-order valence-electron chi connectivity index (χ0n) is 10.5. The van der Waals surface area contributed by atoms with Crippen molar-refractivity contribution >= 4 is 11.0 Å². The van der Waals surface area contributed by atoms with Gasteiger partial charge in [-0.1, -0.05) is 12.1 Å². The summed E-state index contributed by atoms with van der Waals surface area (Å²) in [5, 5.41) is 9.68. The first-order valence-corrected chi connectivity index (χ1v) is 5.98. The Morgan fingerprint density at radius 2 is 1.81 bits per heavy atom. The van der Waals surface area contributed by atoms with Crippen molar-refractivity contribution in [1.82, 2.24) is 9.55 Å². The second kappa shape index (κ2) is 4.41. The van der Waals surface area contributed by atoms with Crippen LogP contribution in [0.1, 0.15) is 5.56 Å². The number of para-hydroxylation sites is 1. The van der Waals surface area contributed by atoms with Crippen molar-refractivity contribution in [2.75, 3.05) is 0 Å². The largest absolute Gasteiger partial charge is 0.506 e. The lowest BCUT2D eigenvalue weighted by atomic mass is 10.2. The molecule has 4 nitrogen and oxygen atoms in total. The van der Waals surface area contributed by atoms with Crippen molar-refractivity contribution < 1.29 is 18.3 Å². The zero-order chi connectivity index (χ0) is 15.2. The number of phenolic OH excluding ortho intramolecular Hbond substituents is 1. The van der Waals surface area contributed by atoms with Crippen LogP contribution in [0.4, 0.5) is 13.2 Å². The number of alkyl halides is 3. The highest BCUT2D eigenvalue weighted by Crippen LogP contribution is 2.31. The average Bonchev–Trinajstić information content (AvgIpc) is 2.76. The van der Waals surface area contributed by atoms with Crippen LogP contribution < -0.4 is 5.69 Å². The molecule has 0 amide bonds. The molecule has 0 atom stereocenters. The van der Waals surface area contributed by atoms with Gasteiger partial charge < -0.3 is 10.1 Å². The van der Waals surface area contributed by atoms with Crippen molar-refractivity contribution in [3.05, 3.63) is 58.5 Å². The molecule has 0 fully saturated rings. The van der Waals surface area contributed by atoms with Gasteiger partial charge in [-0.15, -0.1) is 0 Å². The lowest BCUT2D eigenvalue weighted by Crippen LogP contribution is -2.15. The molecule has 0 spiro atoms. The molecule has 108 valence electrons. The van der Waals surface area contributed by atoms with Crippen LogP contribution in [0, 0.1) is 0 Å². The number of benzene rings is 2. The molecule has 2 N–H and O–H groups in total. The van der Waals surface area contributed by atoms with Gasteiger partial charge in [-0.05, 0) is 30.3 Å². The van der Waals surface area contributed by atoms with E-state index in [-0.39, 0.29) is 17.0 Å². The Kier molecular flexibility index (Phi) is 2.79. The Labute approximate surface area is 116 Å². The fraction of sp³-hybridized carbons (Fsp3) is 0.0714. The number of H-pyrrole nitrogens is 1. The van der Waals surface area contributed by atoms with E-state index in [1.165, 1.54) is 30.3 Å². The number of rotatable bonds is 1. The summed E-state index contributed by atoms with van der Waals surface area (Å²) in [6, 6.07) is 8.87. The van der Waals surface area contributed by atoms with Gasteiger partial charge in [0.1, 0.15) is 11.3 Å². The first-order valence-electron chi connectivity index (χ1n) is 5.98. The molecule has 1 aromatic heterocycles. The first-order chi connectivity index (χ1) is 9.88. The van der Waals surface area contributed by atoms with Crippen molar-refractivity contribution in [3.8, 4) is 11.4 Å². The highest BCUT2D eigenvalue weighted by molar-refractivity contribution is 5.83. The minimum Gasteiger partial charge on any atom is -0.506 e. The number of imidazole rings is 1. The van der Waals surface area contributed by atoms with E-state index >= 15 is 0 Å². The summed E-state index contributed by atoms with van der Waals surface area (Å²) in [6.07, 6.45) is -4.49. The van der Waals surface area contributed by atoms with Crippen molar-refractivity contribution in [3.63, 3.8) is 0 Å². The van der Waals surface area contributed by atoms with Crippen molar-refractivity contribution in [2.45, 2.75) is 6.18 Å². The molecule has 0 aliphatic heterocycles. The van der Waals surface area contributed by atoms with Crippen LogP contribution in [0.2, 0.25) is 0 Å². The lowest BCUT2D eigenvalue weighted by Gasteiger charge is -2.09. The van der Waals surface area contributed by atoms with E-state index in [1.807, 2.05) is 0 Å². The normalized spacial score (nSPS) is 12.0. The van der Waals surface area contributed by atoms with Crippen LogP contribution in [0.5, 0.6) is 5.75 Å². The number of halogens is 3. The van der Waals surface area contributed by atoms with Gasteiger partial charge in [0.2, 0.25) is 0 Å². The third kappa shape index (κ3) is 2.16. The molecular weight excluding hydrogens is 285 g/mol. The molecule has 0 aliphatic carbocycles. The van der Waals surface area contributed by atoms with E-state index in [1.54, 1.807) is 0 Å². The Morgan fingerprint density at radius 3 is 2.52 bits per heavy atom. The average molecular weight is 294 g/mol. The molecule has 1 heterocycles. The number of aromatic hydroxyl groups is 1. The predicted octanol–water partition coefficient (Wildman–Crippen LogP) is 3.04. The number of phenols is 1. The SMILES string of the molecule is O=c1[nH]c2c(O)cccc2n1-c1cccc(C(F)(F)F)c1. The maximum Gasteiger partial charge on any atom is 0.416 e. The molecule has 7 heteroatoms. The van der Waals surface area contributed by atoms with Crippen LogP contribution in [0.15, 0.2) is 47.3 Å². The number of fused-ring (bicyclic) bond motifs is 1. The minimum atomic E-state index is -4.49. The molecular formula is C14H9F3N2O2. The summed E-state index contributed by atoms with van der Waals surface area (Å²) in [5.41, 5.74) is -0.905. The number of hydrogen-bond acceptors (Lipinski definition) is 2. The number of nitrogens with zero attached hydrogens (tertiary/aromatic N) is 1. The van der Waals surface area contributed by atoms with Gasteiger partial charge in [0, 0.05) is 0 Å². The second-order valence-electron chi connectivity index (χ2n) is 4.48. The third-order valence-corrected chi connectivity index (χ3v) is 3.13. The molecule has 21 heavy (non-hydrogen) atoms. The maximum absolute atomic E-state index is 12.8. The van der Waals surface area contributed by atoms with Gasteiger partial charge in [0.05, 0.1) is 16.8 Å². The predicted molar refractivity (Wildman–Crippen MR) is 70.6 cm³/mol. The summed E-state index contributed by atoms with van der Waals surface area (Å²) in [6.45, 7) is 0. The number of aromatic nitrogens is 2. The first kappa shape index (κ1) is 13.3. The van der Waals surface area contributed by atoms with Gasteiger partial charge >= 0.3 is 11.9 Å². The zero-order valence-corrected chi connectivity index (χ0v) is 10.5. The topological polar surface area (TPSA) is 58.0 Å². The fourth-order valence-electron chi connectivity index (χ4n) is 2.19. The molecule has 0 aliphatic rings. The highest BCUT2D eigenvalue weighted by Gasteiger charge is 2.30. The van der Waals surface area contributed by atoms with E-state index in [0.29, 0.717) is 5.52 Å². The summed E-state index contributed by atoms with van der Waals surface area (Å²) in [7, 11) is 0. The fourth-order valence-corrected chi connectivity index (χ4v) is 2.19. The molecule has 2 aromatic carbocycles. The van der Waals surface area contributed by atoms with Crippen molar-refractivity contribution in [2.24, 2.45) is 0 Å². The Morgan fingerprint density at radius 1 is 1.10 bits per heavy atom. The van der Waals surface area contributed by atoms with E-state index < -0.39 is 17.4 Å². The monoisotopic (exact) mass is 294 g/mol. The van der Waals surface area contributed by atoms with Crippen LogP contribution in [-0.2, 0) is 6.18 Å². The van der Waals surface area contributed by atoms with E-state index in [2.05, 4.69) is 4.98 Å². The van der Waals surface area contributed by atoms with Crippen LogP contribution in [-0.4, -0.2) is 14.7 Å². The van der Waals surface area contributed by atoms with Crippen LogP contribution in [0.25, 0.3) is 16.7 Å². The Hall–Kier alpha value is -2.70. The lowest BCUT2D eigenvalue weighted by molar-refractivity contribution is -0.137. The van der Waals surface area contributed by atoms with Gasteiger partial charge in [0.15, 0.2) is 0 Å². The van der Waals surface area contributed by atoms with Gasteiger partial charge in [-0.2, -0.15) is 13.2 Å². The Balaban J connectivity index is 2.29. The molecule has 0 bridgehead atoms. The molecule has 0 radical (unpaired) electrons. The van der Waals surface area contributed by atoms with Gasteiger partial charge in [-0.25, -0.2) is 4.79 Å². The summed E-state index contributed by atoms with van der Waals surface area (Å²) in [5.74, 6) is -0.143. The summed E-state index contributed by atoms with van der Waals surface area (Å²) < 4.78 is 39.3. The minimum absolute atomic E-state index is 0.0756. The number of hydrogen-bond donors (Lipinski definition) is 2. The second-order valence-corrected chi connectivity index (χ2v) is 4.48. The van der Waals surface area contributed by atoms with Gasteiger partial charge in [0.25, 0.3) is 0 Å². The third-order valence-electron chi connectivity index (χ3n) is 3.13. The highest BCUT2D eigenvalue weighted by atomic mass is 19.4. The maximum atomic E-state index is 12.8. The summed E-state index contributed by atoms with van der Waals surface area (Å²) in [4.78, 5) is 14.4.